The lowest BCUT2D eigenvalue weighted by Gasteiger charge is -2.14. The number of likely N-dealkylation sites (tertiary alicyclic amines) is 1. The highest BCUT2D eigenvalue weighted by atomic mass is 16.4. The van der Waals surface area contributed by atoms with Crippen LogP contribution < -0.4 is 10.6 Å². The first kappa shape index (κ1) is 13.5. The Balaban J connectivity index is 1.44. The van der Waals surface area contributed by atoms with Gasteiger partial charge in [-0.15, -0.1) is 5.10 Å². The first-order valence-electron chi connectivity index (χ1n) is 7.25. The van der Waals surface area contributed by atoms with Crippen LogP contribution in [-0.2, 0) is 4.79 Å². The van der Waals surface area contributed by atoms with Crippen molar-refractivity contribution in [3.05, 3.63) is 5.89 Å². The highest BCUT2D eigenvalue weighted by molar-refractivity contribution is 5.90. The summed E-state index contributed by atoms with van der Waals surface area (Å²) in [7, 11) is 1.96. The van der Waals surface area contributed by atoms with E-state index in [9.17, 15) is 4.79 Å². The summed E-state index contributed by atoms with van der Waals surface area (Å²) in [6.45, 7) is 3.33. The van der Waals surface area contributed by atoms with E-state index < -0.39 is 0 Å². The van der Waals surface area contributed by atoms with Crippen molar-refractivity contribution in [2.24, 2.45) is 5.92 Å². The standard InChI is InChI=1S/C13H21N5O2/c1-14-6-9-4-5-18(7-9)8-11(19)15-13-17-16-12(20-13)10-2-3-10/h9-10,14H,2-8H2,1H3,(H,15,17,19). The number of hydrogen-bond acceptors (Lipinski definition) is 6. The highest BCUT2D eigenvalue weighted by Crippen LogP contribution is 2.39. The predicted molar refractivity (Wildman–Crippen MR) is 73.4 cm³/mol. The number of amides is 1. The number of aromatic nitrogens is 2. The van der Waals surface area contributed by atoms with Crippen LogP contribution in [0.5, 0.6) is 0 Å². The molecular weight excluding hydrogens is 258 g/mol. The van der Waals surface area contributed by atoms with Gasteiger partial charge in [0, 0.05) is 12.5 Å². The molecule has 1 unspecified atom stereocenters. The molecule has 0 aromatic carbocycles. The van der Waals surface area contributed by atoms with Crippen molar-refractivity contribution in [1.82, 2.24) is 20.4 Å². The third-order valence-corrected chi connectivity index (χ3v) is 3.84. The van der Waals surface area contributed by atoms with Crippen LogP contribution in [0.1, 0.15) is 31.1 Å². The average molecular weight is 279 g/mol. The Bertz CT molecular complexity index is 471. The van der Waals surface area contributed by atoms with Crippen LogP contribution in [0.2, 0.25) is 0 Å². The molecule has 1 amide bonds. The summed E-state index contributed by atoms with van der Waals surface area (Å²) in [5.74, 6) is 1.61. The summed E-state index contributed by atoms with van der Waals surface area (Å²) in [6, 6.07) is 0.225. The predicted octanol–water partition coefficient (Wildman–Crippen LogP) is 0.427. The molecule has 0 radical (unpaired) electrons. The zero-order valence-corrected chi connectivity index (χ0v) is 11.8. The minimum atomic E-state index is -0.0823. The van der Waals surface area contributed by atoms with Crippen LogP contribution in [0.15, 0.2) is 4.42 Å². The Morgan fingerprint density at radius 3 is 3.00 bits per heavy atom. The maximum atomic E-state index is 11.9. The second kappa shape index (κ2) is 5.88. The van der Waals surface area contributed by atoms with Crippen molar-refractivity contribution in [3.8, 4) is 0 Å². The number of nitrogens with zero attached hydrogens (tertiary/aromatic N) is 3. The first-order chi connectivity index (χ1) is 9.74. The number of anilines is 1. The Kier molecular flexibility index (Phi) is 3.98. The first-order valence-corrected chi connectivity index (χ1v) is 7.25. The van der Waals surface area contributed by atoms with Gasteiger partial charge in [-0.3, -0.25) is 15.0 Å². The monoisotopic (exact) mass is 279 g/mol. The quantitative estimate of drug-likeness (QED) is 0.785. The molecule has 2 heterocycles. The SMILES string of the molecule is CNCC1CCN(CC(=O)Nc2nnc(C3CC3)o2)C1. The van der Waals surface area contributed by atoms with Crippen LogP contribution in [0.4, 0.5) is 6.01 Å². The maximum Gasteiger partial charge on any atom is 0.322 e. The lowest BCUT2D eigenvalue weighted by Crippen LogP contribution is -2.32. The number of hydrogen-bond donors (Lipinski definition) is 2. The van der Waals surface area contributed by atoms with Gasteiger partial charge in [-0.2, -0.15) is 0 Å². The van der Waals surface area contributed by atoms with Crippen molar-refractivity contribution in [1.29, 1.82) is 0 Å². The molecule has 2 fully saturated rings. The summed E-state index contributed by atoms with van der Waals surface area (Å²) in [5.41, 5.74) is 0. The normalized spacial score (nSPS) is 23.1. The molecule has 0 spiro atoms. The number of carbonyl (C=O) groups is 1. The fraction of sp³-hybridized carbons (Fsp3) is 0.769. The lowest BCUT2D eigenvalue weighted by atomic mass is 10.1. The van der Waals surface area contributed by atoms with Gasteiger partial charge in [-0.1, -0.05) is 5.10 Å². The highest BCUT2D eigenvalue weighted by Gasteiger charge is 2.30. The van der Waals surface area contributed by atoms with Crippen molar-refractivity contribution in [3.63, 3.8) is 0 Å². The van der Waals surface area contributed by atoms with E-state index in [2.05, 4.69) is 25.7 Å². The number of rotatable bonds is 6. The van der Waals surface area contributed by atoms with Crippen molar-refractivity contribution >= 4 is 11.9 Å². The third kappa shape index (κ3) is 3.34. The fourth-order valence-electron chi connectivity index (χ4n) is 2.65. The lowest BCUT2D eigenvalue weighted by molar-refractivity contribution is -0.117. The van der Waals surface area contributed by atoms with Gasteiger partial charge in [0.1, 0.15) is 0 Å². The summed E-state index contributed by atoms with van der Waals surface area (Å²) < 4.78 is 5.42. The maximum absolute atomic E-state index is 11.9. The van der Waals surface area contributed by atoms with E-state index in [4.69, 9.17) is 4.42 Å². The molecule has 3 rings (SSSR count). The molecule has 110 valence electrons. The van der Waals surface area contributed by atoms with Crippen LogP contribution in [0.3, 0.4) is 0 Å². The van der Waals surface area contributed by atoms with Crippen LogP contribution in [0, 0.1) is 5.92 Å². The molecule has 2 aliphatic rings. The van der Waals surface area contributed by atoms with Crippen molar-refractivity contribution in [2.45, 2.75) is 25.2 Å². The average Bonchev–Trinajstić information content (AvgIpc) is 3.02. The summed E-state index contributed by atoms with van der Waals surface area (Å²) in [6.07, 6.45) is 3.35. The molecule has 20 heavy (non-hydrogen) atoms. The summed E-state index contributed by atoms with van der Waals surface area (Å²) in [5, 5.41) is 13.7. The topological polar surface area (TPSA) is 83.3 Å². The molecule has 7 nitrogen and oxygen atoms in total. The van der Waals surface area contributed by atoms with E-state index in [1.807, 2.05) is 7.05 Å². The molecule has 0 bridgehead atoms. The van der Waals surface area contributed by atoms with E-state index in [0.29, 0.717) is 24.3 Å². The van der Waals surface area contributed by atoms with E-state index in [1.54, 1.807) is 0 Å². The molecule has 1 aliphatic carbocycles. The van der Waals surface area contributed by atoms with Crippen LogP contribution in [0.25, 0.3) is 0 Å². The molecule has 1 atom stereocenters. The molecule has 7 heteroatoms. The second-order valence-electron chi connectivity index (χ2n) is 5.72. The zero-order valence-electron chi connectivity index (χ0n) is 11.8. The Morgan fingerprint density at radius 2 is 2.25 bits per heavy atom. The van der Waals surface area contributed by atoms with Gasteiger partial charge < -0.3 is 9.73 Å². The number of nitrogens with one attached hydrogen (secondary N) is 2. The molecule has 1 saturated carbocycles. The molecule has 1 aromatic heterocycles. The Morgan fingerprint density at radius 1 is 1.40 bits per heavy atom. The molecular formula is C13H21N5O2. The van der Waals surface area contributed by atoms with E-state index in [1.165, 1.54) is 0 Å². The minimum Gasteiger partial charge on any atom is -0.408 e. The molecule has 1 aromatic rings. The van der Waals surface area contributed by atoms with Gasteiger partial charge in [0.25, 0.3) is 0 Å². The largest absolute Gasteiger partial charge is 0.408 e. The van der Waals surface area contributed by atoms with Crippen molar-refractivity contribution < 1.29 is 9.21 Å². The van der Waals surface area contributed by atoms with Crippen molar-refractivity contribution in [2.75, 3.05) is 38.5 Å². The minimum absolute atomic E-state index is 0.0823. The molecule has 1 saturated heterocycles. The Labute approximate surface area is 118 Å². The zero-order chi connectivity index (χ0) is 13.9. The van der Waals surface area contributed by atoms with Crippen LogP contribution in [-0.4, -0.2) is 54.2 Å². The smallest absolute Gasteiger partial charge is 0.322 e. The summed E-state index contributed by atoms with van der Waals surface area (Å²) >= 11 is 0. The van der Waals surface area contributed by atoms with E-state index in [0.717, 1.165) is 38.9 Å². The van der Waals surface area contributed by atoms with E-state index in [-0.39, 0.29) is 11.9 Å². The van der Waals surface area contributed by atoms with Gasteiger partial charge in [0.05, 0.1) is 6.54 Å². The van der Waals surface area contributed by atoms with Gasteiger partial charge >= 0.3 is 6.01 Å². The molecule has 2 N–H and O–H groups in total. The van der Waals surface area contributed by atoms with Crippen LogP contribution >= 0.6 is 0 Å². The van der Waals surface area contributed by atoms with Gasteiger partial charge in [-0.05, 0) is 45.3 Å². The summed E-state index contributed by atoms with van der Waals surface area (Å²) in [4.78, 5) is 14.1. The number of carbonyl (C=O) groups excluding carboxylic acids is 1. The van der Waals surface area contributed by atoms with Gasteiger partial charge in [-0.25, -0.2) is 0 Å². The second-order valence-corrected chi connectivity index (χ2v) is 5.72. The van der Waals surface area contributed by atoms with E-state index >= 15 is 0 Å². The van der Waals surface area contributed by atoms with Gasteiger partial charge in [0.15, 0.2) is 0 Å². The Hall–Kier alpha value is -1.47. The van der Waals surface area contributed by atoms with Gasteiger partial charge in [0.2, 0.25) is 11.8 Å². The fourth-order valence-corrected chi connectivity index (χ4v) is 2.65. The third-order valence-electron chi connectivity index (χ3n) is 3.84. The molecule has 1 aliphatic heterocycles.